The van der Waals surface area contributed by atoms with Gasteiger partial charge in [-0.05, 0) is 20.3 Å². The molecule has 7 nitrogen and oxygen atoms in total. The molecule has 0 spiro atoms. The van der Waals surface area contributed by atoms with Crippen molar-refractivity contribution in [1.82, 2.24) is 14.4 Å². The molecule has 1 aliphatic rings. The van der Waals surface area contributed by atoms with Crippen LogP contribution in [0, 0.1) is 12.3 Å². The van der Waals surface area contributed by atoms with Gasteiger partial charge in [-0.1, -0.05) is 13.8 Å². The van der Waals surface area contributed by atoms with Crippen LogP contribution < -0.4 is 4.90 Å². The highest BCUT2D eigenvalue weighted by molar-refractivity contribution is 5.99. The predicted molar refractivity (Wildman–Crippen MR) is 84.4 cm³/mol. The fraction of sp³-hybridized carbons (Fsp3) is 0.500. The molecule has 0 aliphatic carbocycles. The molecule has 0 aromatic carbocycles. The average Bonchev–Trinajstić information content (AvgIpc) is 3.02. The largest absolute Gasteiger partial charge is 0.461 e. The summed E-state index contributed by atoms with van der Waals surface area (Å²) < 4.78 is 6.74. The lowest BCUT2D eigenvalue weighted by molar-refractivity contribution is -0.124. The molecule has 0 N–H and O–H groups in total. The third-order valence-electron chi connectivity index (χ3n) is 4.21. The van der Waals surface area contributed by atoms with Crippen LogP contribution in [0.4, 0.5) is 5.82 Å². The smallest absolute Gasteiger partial charge is 0.360 e. The highest BCUT2D eigenvalue weighted by atomic mass is 16.5. The lowest BCUT2D eigenvalue weighted by Crippen LogP contribution is -2.31. The maximum absolute atomic E-state index is 12.5. The molecular formula is C16H20N4O3. The van der Waals surface area contributed by atoms with Crippen LogP contribution in [0.3, 0.4) is 0 Å². The number of ether oxygens (including phenoxy) is 1. The molecule has 0 unspecified atom stereocenters. The first kappa shape index (κ1) is 15.5. The van der Waals surface area contributed by atoms with Gasteiger partial charge in [-0.2, -0.15) is 0 Å². The normalized spacial score (nSPS) is 17.0. The molecule has 0 bridgehead atoms. The molecule has 1 aliphatic heterocycles. The fourth-order valence-corrected chi connectivity index (χ4v) is 2.77. The van der Waals surface area contributed by atoms with Gasteiger partial charge in [0.25, 0.3) is 0 Å². The van der Waals surface area contributed by atoms with Gasteiger partial charge in [-0.25, -0.2) is 14.8 Å². The number of esters is 1. The zero-order chi connectivity index (χ0) is 16.8. The summed E-state index contributed by atoms with van der Waals surface area (Å²) in [4.78, 5) is 34.8. The summed E-state index contributed by atoms with van der Waals surface area (Å²) in [6.07, 6.45) is 2.32. The molecule has 122 valence electrons. The van der Waals surface area contributed by atoms with E-state index in [1.165, 1.54) is 0 Å². The minimum Gasteiger partial charge on any atom is -0.461 e. The fourth-order valence-electron chi connectivity index (χ4n) is 2.77. The van der Waals surface area contributed by atoms with Crippen LogP contribution in [0.5, 0.6) is 0 Å². The first-order chi connectivity index (χ1) is 10.8. The highest BCUT2D eigenvalue weighted by Gasteiger charge is 2.40. The second-order valence-corrected chi connectivity index (χ2v) is 6.35. The van der Waals surface area contributed by atoms with E-state index in [0.29, 0.717) is 18.0 Å². The average molecular weight is 316 g/mol. The van der Waals surface area contributed by atoms with E-state index in [1.54, 1.807) is 22.6 Å². The highest BCUT2D eigenvalue weighted by Crippen LogP contribution is 2.33. The van der Waals surface area contributed by atoms with Gasteiger partial charge in [-0.3, -0.25) is 14.1 Å². The number of aryl methyl sites for hydroxylation is 1. The number of carbonyl (C=O) groups excluding carboxylic acids is 2. The molecule has 1 saturated heterocycles. The van der Waals surface area contributed by atoms with Gasteiger partial charge in [0.2, 0.25) is 5.91 Å². The number of hydrogen-bond acceptors (Lipinski definition) is 5. The van der Waals surface area contributed by atoms with Crippen LogP contribution in [0.25, 0.3) is 5.65 Å². The minimum atomic E-state index is -0.507. The summed E-state index contributed by atoms with van der Waals surface area (Å²) in [6.45, 7) is 8.39. The second kappa shape index (κ2) is 5.33. The summed E-state index contributed by atoms with van der Waals surface area (Å²) in [5, 5.41) is 0. The Balaban J connectivity index is 2.08. The minimum absolute atomic E-state index is 0.0472. The molecule has 0 atom stereocenters. The maximum atomic E-state index is 12.5. The third-order valence-corrected chi connectivity index (χ3v) is 4.21. The standard InChI is InChI=1S/C16H20N4O3/c1-5-23-14(21)12-13-18-11(8-10(2)20(13)9-17-12)19-7-6-16(3,4)15(19)22/h8-9H,5-7H2,1-4H3. The zero-order valence-corrected chi connectivity index (χ0v) is 13.8. The summed E-state index contributed by atoms with van der Waals surface area (Å²) in [7, 11) is 0. The van der Waals surface area contributed by atoms with Gasteiger partial charge in [0, 0.05) is 23.7 Å². The SMILES string of the molecule is CCOC(=O)c1ncn2c(C)cc(N3CCC(C)(C)C3=O)nc12. The van der Waals surface area contributed by atoms with E-state index in [4.69, 9.17) is 4.74 Å². The molecule has 3 rings (SSSR count). The number of imidazole rings is 1. The summed E-state index contributed by atoms with van der Waals surface area (Å²) >= 11 is 0. The predicted octanol–water partition coefficient (Wildman–Crippen LogP) is 1.98. The van der Waals surface area contributed by atoms with Crippen LogP contribution in [0.15, 0.2) is 12.4 Å². The lowest BCUT2D eigenvalue weighted by atomic mass is 9.92. The van der Waals surface area contributed by atoms with Crippen LogP contribution in [-0.4, -0.2) is 39.4 Å². The van der Waals surface area contributed by atoms with E-state index in [9.17, 15) is 9.59 Å². The molecule has 2 aromatic rings. The van der Waals surface area contributed by atoms with E-state index in [2.05, 4.69) is 9.97 Å². The van der Waals surface area contributed by atoms with Crippen LogP contribution >= 0.6 is 0 Å². The molecule has 1 fully saturated rings. The van der Waals surface area contributed by atoms with Gasteiger partial charge in [-0.15, -0.1) is 0 Å². The van der Waals surface area contributed by atoms with E-state index in [-0.39, 0.29) is 23.6 Å². The van der Waals surface area contributed by atoms with Crippen molar-refractivity contribution >= 4 is 23.3 Å². The summed E-state index contributed by atoms with van der Waals surface area (Å²) in [5.41, 5.74) is 1.05. The van der Waals surface area contributed by atoms with E-state index in [0.717, 1.165) is 12.1 Å². The van der Waals surface area contributed by atoms with Gasteiger partial charge in [0.1, 0.15) is 12.1 Å². The third kappa shape index (κ3) is 2.46. The van der Waals surface area contributed by atoms with Crippen LogP contribution in [0.1, 0.15) is 43.4 Å². The Bertz CT molecular complexity index is 794. The number of nitrogens with zero attached hydrogens (tertiary/aromatic N) is 4. The summed E-state index contributed by atoms with van der Waals surface area (Å²) in [6, 6.07) is 1.84. The van der Waals surface area contributed by atoms with Crippen molar-refractivity contribution in [1.29, 1.82) is 0 Å². The van der Waals surface area contributed by atoms with Gasteiger partial charge in [0.15, 0.2) is 11.3 Å². The molecule has 3 heterocycles. The van der Waals surface area contributed by atoms with Crippen molar-refractivity contribution in [2.45, 2.75) is 34.1 Å². The van der Waals surface area contributed by atoms with Crippen LogP contribution in [0.2, 0.25) is 0 Å². The Morgan fingerprint density at radius 3 is 2.78 bits per heavy atom. The number of anilines is 1. The summed E-state index contributed by atoms with van der Waals surface area (Å²) in [5.74, 6) is 0.0923. The zero-order valence-electron chi connectivity index (χ0n) is 13.8. The first-order valence-corrected chi connectivity index (χ1v) is 7.69. The Labute approximate surface area is 134 Å². The maximum Gasteiger partial charge on any atom is 0.360 e. The Hall–Kier alpha value is -2.44. The van der Waals surface area contributed by atoms with Gasteiger partial charge in [0.05, 0.1) is 6.61 Å². The van der Waals surface area contributed by atoms with E-state index >= 15 is 0 Å². The quantitative estimate of drug-likeness (QED) is 0.809. The molecule has 2 aromatic heterocycles. The number of rotatable bonds is 3. The number of hydrogen-bond donors (Lipinski definition) is 0. The molecule has 7 heteroatoms. The molecule has 23 heavy (non-hydrogen) atoms. The lowest BCUT2D eigenvalue weighted by Gasteiger charge is -2.19. The molecule has 0 saturated carbocycles. The number of aromatic nitrogens is 3. The van der Waals surface area contributed by atoms with Crippen molar-refractivity contribution in [3.8, 4) is 0 Å². The Morgan fingerprint density at radius 2 is 2.17 bits per heavy atom. The number of carbonyl (C=O) groups is 2. The van der Waals surface area contributed by atoms with Gasteiger partial charge < -0.3 is 4.74 Å². The number of amides is 1. The topological polar surface area (TPSA) is 76.8 Å². The number of fused-ring (bicyclic) bond motifs is 1. The van der Waals surface area contributed by atoms with Crippen molar-refractivity contribution in [3.05, 3.63) is 23.8 Å². The second-order valence-electron chi connectivity index (χ2n) is 6.35. The van der Waals surface area contributed by atoms with Crippen molar-refractivity contribution < 1.29 is 14.3 Å². The Kier molecular flexibility index (Phi) is 3.58. The molecule has 0 radical (unpaired) electrons. The van der Waals surface area contributed by atoms with Crippen molar-refractivity contribution in [2.75, 3.05) is 18.1 Å². The monoisotopic (exact) mass is 316 g/mol. The van der Waals surface area contributed by atoms with Crippen molar-refractivity contribution in [2.24, 2.45) is 5.41 Å². The molecular weight excluding hydrogens is 296 g/mol. The van der Waals surface area contributed by atoms with Crippen LogP contribution in [-0.2, 0) is 9.53 Å². The first-order valence-electron chi connectivity index (χ1n) is 7.69. The molecule has 1 amide bonds. The van der Waals surface area contributed by atoms with E-state index in [1.807, 2.05) is 26.8 Å². The van der Waals surface area contributed by atoms with E-state index < -0.39 is 5.97 Å². The van der Waals surface area contributed by atoms with Crippen molar-refractivity contribution in [3.63, 3.8) is 0 Å². The van der Waals surface area contributed by atoms with Gasteiger partial charge >= 0.3 is 5.97 Å². The Morgan fingerprint density at radius 1 is 1.43 bits per heavy atom.